The SMILES string of the molecule is O=C1COC2(CCN(C(=O)COCc3nc4ccccc4[nH]3)CC2)CN1. The quantitative estimate of drug-likeness (QED) is 0.834. The lowest BCUT2D eigenvalue weighted by atomic mass is 9.90. The molecule has 1 spiro atoms. The second kappa shape index (κ2) is 7.05. The first kappa shape index (κ1) is 17.0. The molecule has 1 aromatic heterocycles. The highest BCUT2D eigenvalue weighted by Crippen LogP contribution is 2.27. The van der Waals surface area contributed by atoms with Gasteiger partial charge in [-0.1, -0.05) is 12.1 Å². The zero-order chi connectivity index (χ0) is 18.0. The Morgan fingerprint density at radius 1 is 1.31 bits per heavy atom. The summed E-state index contributed by atoms with van der Waals surface area (Å²) in [7, 11) is 0. The average Bonchev–Trinajstić information content (AvgIpc) is 3.08. The molecule has 8 heteroatoms. The molecule has 26 heavy (non-hydrogen) atoms. The number of imidazole rings is 1. The van der Waals surface area contributed by atoms with Crippen molar-refractivity contribution in [3.8, 4) is 0 Å². The number of amides is 2. The lowest BCUT2D eigenvalue weighted by Crippen LogP contribution is -2.58. The molecule has 4 rings (SSSR count). The molecule has 2 saturated heterocycles. The first-order valence-corrected chi connectivity index (χ1v) is 8.83. The van der Waals surface area contributed by atoms with Crippen molar-refractivity contribution in [1.29, 1.82) is 0 Å². The van der Waals surface area contributed by atoms with Gasteiger partial charge in [-0.2, -0.15) is 0 Å². The van der Waals surface area contributed by atoms with Crippen molar-refractivity contribution in [2.75, 3.05) is 32.8 Å². The number of para-hydroxylation sites is 2. The predicted octanol–water partition coefficient (Wildman–Crippen LogP) is 0.587. The highest BCUT2D eigenvalue weighted by Gasteiger charge is 2.39. The second-order valence-electron chi connectivity index (χ2n) is 6.82. The Morgan fingerprint density at radius 3 is 2.85 bits per heavy atom. The normalized spacial score (nSPS) is 19.7. The van der Waals surface area contributed by atoms with Gasteiger partial charge < -0.3 is 24.7 Å². The summed E-state index contributed by atoms with van der Waals surface area (Å²) in [5, 5.41) is 2.85. The Labute approximate surface area is 150 Å². The first-order chi connectivity index (χ1) is 12.6. The van der Waals surface area contributed by atoms with Gasteiger partial charge in [0.15, 0.2) is 0 Å². The van der Waals surface area contributed by atoms with Crippen molar-refractivity contribution in [1.82, 2.24) is 20.2 Å². The number of hydrogen-bond acceptors (Lipinski definition) is 5. The van der Waals surface area contributed by atoms with E-state index in [0.29, 0.717) is 25.5 Å². The number of morpholine rings is 1. The Balaban J connectivity index is 1.23. The summed E-state index contributed by atoms with van der Waals surface area (Å²) in [5.41, 5.74) is 1.52. The van der Waals surface area contributed by atoms with Crippen LogP contribution in [0.2, 0.25) is 0 Å². The number of nitrogens with zero attached hydrogens (tertiary/aromatic N) is 2. The standard InChI is InChI=1S/C18H22N4O4/c23-16-10-26-18(12-19-16)5-7-22(8-6-18)17(24)11-25-9-15-20-13-3-1-2-4-14(13)21-15/h1-4H,5-12H2,(H,19,23)(H,20,21). The number of rotatable bonds is 4. The highest BCUT2D eigenvalue weighted by atomic mass is 16.5. The summed E-state index contributed by atoms with van der Waals surface area (Å²) in [4.78, 5) is 33.0. The van der Waals surface area contributed by atoms with E-state index in [1.807, 2.05) is 24.3 Å². The summed E-state index contributed by atoms with van der Waals surface area (Å²) in [6, 6.07) is 7.76. The smallest absolute Gasteiger partial charge is 0.248 e. The van der Waals surface area contributed by atoms with Crippen LogP contribution in [-0.4, -0.2) is 65.1 Å². The number of carbonyl (C=O) groups is 2. The van der Waals surface area contributed by atoms with Crippen LogP contribution in [0.25, 0.3) is 11.0 Å². The number of hydrogen-bond donors (Lipinski definition) is 2. The molecule has 2 aliphatic rings. The summed E-state index contributed by atoms with van der Waals surface area (Å²) < 4.78 is 11.3. The van der Waals surface area contributed by atoms with Crippen LogP contribution >= 0.6 is 0 Å². The monoisotopic (exact) mass is 358 g/mol. The number of benzene rings is 1. The van der Waals surface area contributed by atoms with E-state index >= 15 is 0 Å². The third kappa shape index (κ3) is 3.56. The number of carbonyl (C=O) groups excluding carboxylic acids is 2. The van der Waals surface area contributed by atoms with Crippen molar-refractivity contribution in [3.05, 3.63) is 30.1 Å². The lowest BCUT2D eigenvalue weighted by Gasteiger charge is -2.43. The summed E-state index contributed by atoms with van der Waals surface area (Å²) in [6.07, 6.45) is 1.45. The van der Waals surface area contributed by atoms with Crippen LogP contribution in [-0.2, 0) is 25.7 Å². The van der Waals surface area contributed by atoms with Crippen molar-refractivity contribution in [2.45, 2.75) is 25.0 Å². The number of nitrogens with one attached hydrogen (secondary N) is 2. The molecule has 2 amide bonds. The van der Waals surface area contributed by atoms with Crippen molar-refractivity contribution in [2.24, 2.45) is 0 Å². The molecule has 138 valence electrons. The van der Waals surface area contributed by atoms with E-state index in [0.717, 1.165) is 23.9 Å². The second-order valence-corrected chi connectivity index (χ2v) is 6.82. The largest absolute Gasteiger partial charge is 0.364 e. The van der Waals surface area contributed by atoms with Gasteiger partial charge in [-0.15, -0.1) is 0 Å². The highest BCUT2D eigenvalue weighted by molar-refractivity contribution is 5.78. The molecule has 2 aliphatic heterocycles. The molecule has 0 bridgehead atoms. The Morgan fingerprint density at radius 2 is 2.12 bits per heavy atom. The minimum absolute atomic E-state index is 0.0294. The molecule has 0 unspecified atom stereocenters. The van der Waals surface area contributed by atoms with E-state index in [4.69, 9.17) is 9.47 Å². The van der Waals surface area contributed by atoms with Gasteiger partial charge >= 0.3 is 0 Å². The van der Waals surface area contributed by atoms with Gasteiger partial charge in [0, 0.05) is 19.6 Å². The Kier molecular flexibility index (Phi) is 4.60. The molecular formula is C18H22N4O4. The first-order valence-electron chi connectivity index (χ1n) is 8.83. The van der Waals surface area contributed by atoms with Crippen molar-refractivity contribution < 1.29 is 19.1 Å². The van der Waals surface area contributed by atoms with E-state index in [2.05, 4.69) is 15.3 Å². The molecule has 0 atom stereocenters. The summed E-state index contributed by atoms with van der Waals surface area (Å²) in [5.74, 6) is 0.604. The van der Waals surface area contributed by atoms with Crippen LogP contribution in [0, 0.1) is 0 Å². The van der Waals surface area contributed by atoms with Gasteiger partial charge in [0.05, 0.1) is 16.6 Å². The maximum absolute atomic E-state index is 12.3. The molecule has 3 heterocycles. The molecule has 2 aromatic rings. The maximum Gasteiger partial charge on any atom is 0.248 e. The van der Waals surface area contributed by atoms with Gasteiger partial charge in [0.2, 0.25) is 11.8 Å². The topological polar surface area (TPSA) is 96.6 Å². The lowest BCUT2D eigenvalue weighted by molar-refractivity contribution is -0.156. The molecule has 8 nitrogen and oxygen atoms in total. The average molecular weight is 358 g/mol. The molecule has 0 radical (unpaired) electrons. The van der Waals surface area contributed by atoms with Crippen molar-refractivity contribution >= 4 is 22.8 Å². The molecule has 0 saturated carbocycles. The number of fused-ring (bicyclic) bond motifs is 1. The van der Waals surface area contributed by atoms with Crippen LogP contribution in [0.1, 0.15) is 18.7 Å². The van der Waals surface area contributed by atoms with E-state index < -0.39 is 0 Å². The van der Waals surface area contributed by atoms with Gasteiger partial charge in [-0.3, -0.25) is 9.59 Å². The molecule has 0 aliphatic carbocycles. The van der Waals surface area contributed by atoms with Crippen LogP contribution in [0.4, 0.5) is 0 Å². The minimum Gasteiger partial charge on any atom is -0.364 e. The summed E-state index contributed by atoms with van der Waals surface area (Å²) >= 11 is 0. The number of piperidine rings is 1. The third-order valence-electron chi connectivity index (χ3n) is 5.05. The third-order valence-corrected chi connectivity index (χ3v) is 5.05. The Bertz CT molecular complexity index is 765. The minimum atomic E-state index is -0.320. The van der Waals surface area contributed by atoms with E-state index in [1.165, 1.54) is 0 Å². The number of aromatic nitrogens is 2. The number of aromatic amines is 1. The number of H-pyrrole nitrogens is 1. The van der Waals surface area contributed by atoms with E-state index in [-0.39, 0.29) is 37.2 Å². The number of likely N-dealkylation sites (tertiary alicyclic amines) is 1. The van der Waals surface area contributed by atoms with E-state index in [9.17, 15) is 9.59 Å². The van der Waals surface area contributed by atoms with Gasteiger partial charge in [-0.25, -0.2) is 4.98 Å². The van der Waals surface area contributed by atoms with Gasteiger partial charge in [-0.05, 0) is 25.0 Å². The summed E-state index contributed by atoms with van der Waals surface area (Å²) in [6.45, 7) is 2.16. The molecular weight excluding hydrogens is 336 g/mol. The Hall–Kier alpha value is -2.45. The van der Waals surface area contributed by atoms with Gasteiger partial charge in [0.25, 0.3) is 0 Å². The van der Waals surface area contributed by atoms with Crippen molar-refractivity contribution in [3.63, 3.8) is 0 Å². The molecule has 2 N–H and O–H groups in total. The fourth-order valence-electron chi connectivity index (χ4n) is 3.47. The molecule has 2 fully saturated rings. The number of ether oxygens (including phenoxy) is 2. The van der Waals surface area contributed by atoms with Crippen LogP contribution in [0.15, 0.2) is 24.3 Å². The molecule has 1 aromatic carbocycles. The fourth-order valence-corrected chi connectivity index (χ4v) is 3.47. The zero-order valence-corrected chi connectivity index (χ0v) is 14.5. The fraction of sp³-hybridized carbons (Fsp3) is 0.500. The van der Waals surface area contributed by atoms with Crippen LogP contribution < -0.4 is 5.32 Å². The predicted molar refractivity (Wildman–Crippen MR) is 93.3 cm³/mol. The van der Waals surface area contributed by atoms with Gasteiger partial charge in [0.1, 0.15) is 25.6 Å². The maximum atomic E-state index is 12.3. The zero-order valence-electron chi connectivity index (χ0n) is 14.5. The van der Waals surface area contributed by atoms with Crippen LogP contribution in [0.5, 0.6) is 0 Å². The van der Waals surface area contributed by atoms with E-state index in [1.54, 1.807) is 4.90 Å². The van der Waals surface area contributed by atoms with Crippen LogP contribution in [0.3, 0.4) is 0 Å².